The SMILES string of the molecule is COc1cc(-c2nn(-c3ccccc3)cc2C(=O)/C=C\Nc2ccc(Cl)cc2)cc(OC)c1OC. The van der Waals surface area contributed by atoms with E-state index in [4.69, 9.17) is 30.9 Å². The molecule has 0 saturated heterocycles. The predicted molar refractivity (Wildman–Crippen MR) is 137 cm³/mol. The van der Waals surface area contributed by atoms with Gasteiger partial charge in [0, 0.05) is 34.7 Å². The van der Waals surface area contributed by atoms with E-state index in [1.54, 1.807) is 55.6 Å². The Kier molecular flexibility index (Phi) is 7.38. The zero-order valence-corrected chi connectivity index (χ0v) is 20.2. The molecule has 0 fully saturated rings. The van der Waals surface area contributed by atoms with Gasteiger partial charge in [0.1, 0.15) is 5.69 Å². The van der Waals surface area contributed by atoms with Gasteiger partial charge in [0.15, 0.2) is 17.3 Å². The van der Waals surface area contributed by atoms with Crippen LogP contribution in [0.5, 0.6) is 17.2 Å². The first-order valence-corrected chi connectivity index (χ1v) is 11.1. The van der Waals surface area contributed by atoms with E-state index in [0.717, 1.165) is 11.4 Å². The largest absolute Gasteiger partial charge is 0.493 e. The third-order valence-electron chi connectivity index (χ3n) is 5.27. The molecule has 0 amide bonds. The van der Waals surface area contributed by atoms with Crippen LogP contribution in [0.3, 0.4) is 0 Å². The van der Waals surface area contributed by atoms with Gasteiger partial charge in [-0.15, -0.1) is 0 Å². The molecule has 35 heavy (non-hydrogen) atoms. The van der Waals surface area contributed by atoms with Crippen molar-refractivity contribution >= 4 is 23.1 Å². The number of hydrogen-bond donors (Lipinski definition) is 1. The highest BCUT2D eigenvalue weighted by atomic mass is 35.5. The third-order valence-corrected chi connectivity index (χ3v) is 5.52. The molecule has 1 N–H and O–H groups in total. The molecule has 0 saturated carbocycles. The summed E-state index contributed by atoms with van der Waals surface area (Å²) in [5.41, 5.74) is 3.18. The van der Waals surface area contributed by atoms with Gasteiger partial charge in [0.25, 0.3) is 0 Å². The van der Waals surface area contributed by atoms with Crippen molar-refractivity contribution in [2.45, 2.75) is 0 Å². The Morgan fingerprint density at radius 1 is 0.943 bits per heavy atom. The molecule has 0 radical (unpaired) electrons. The molecule has 0 aliphatic heterocycles. The summed E-state index contributed by atoms with van der Waals surface area (Å²) in [6.45, 7) is 0. The second kappa shape index (κ2) is 10.8. The number of halogens is 1. The summed E-state index contributed by atoms with van der Waals surface area (Å²) in [7, 11) is 4.62. The van der Waals surface area contributed by atoms with Crippen LogP contribution >= 0.6 is 11.6 Å². The van der Waals surface area contributed by atoms with Gasteiger partial charge < -0.3 is 19.5 Å². The van der Waals surface area contributed by atoms with Crippen molar-refractivity contribution < 1.29 is 19.0 Å². The van der Waals surface area contributed by atoms with Gasteiger partial charge in [-0.05, 0) is 48.5 Å². The Hall–Kier alpha value is -4.23. The summed E-state index contributed by atoms with van der Waals surface area (Å²) in [5, 5.41) is 8.44. The van der Waals surface area contributed by atoms with Crippen LogP contribution in [-0.4, -0.2) is 36.9 Å². The third kappa shape index (κ3) is 5.31. The summed E-state index contributed by atoms with van der Waals surface area (Å²) < 4.78 is 18.1. The van der Waals surface area contributed by atoms with Crippen LogP contribution in [0.25, 0.3) is 16.9 Å². The molecule has 3 aromatic carbocycles. The molecule has 7 nitrogen and oxygen atoms in total. The zero-order chi connectivity index (χ0) is 24.8. The number of ether oxygens (including phenoxy) is 3. The zero-order valence-electron chi connectivity index (χ0n) is 19.5. The van der Waals surface area contributed by atoms with Gasteiger partial charge in [0.2, 0.25) is 5.75 Å². The molecular weight excluding hydrogens is 466 g/mol. The Morgan fingerprint density at radius 2 is 1.60 bits per heavy atom. The van der Waals surface area contributed by atoms with Crippen molar-refractivity contribution in [2.24, 2.45) is 0 Å². The van der Waals surface area contributed by atoms with E-state index in [-0.39, 0.29) is 5.78 Å². The fourth-order valence-electron chi connectivity index (χ4n) is 3.55. The maximum atomic E-state index is 13.3. The molecule has 4 rings (SSSR count). The molecule has 8 heteroatoms. The van der Waals surface area contributed by atoms with Crippen LogP contribution in [0.1, 0.15) is 10.4 Å². The first-order valence-electron chi connectivity index (χ1n) is 10.7. The normalized spacial score (nSPS) is 10.9. The number of aromatic nitrogens is 2. The fourth-order valence-corrected chi connectivity index (χ4v) is 3.67. The maximum Gasteiger partial charge on any atom is 0.203 e. The molecule has 0 unspecified atom stereocenters. The van der Waals surface area contributed by atoms with E-state index in [0.29, 0.717) is 39.1 Å². The Morgan fingerprint density at radius 3 is 2.20 bits per heavy atom. The number of rotatable bonds is 9. The van der Waals surface area contributed by atoms with Crippen molar-refractivity contribution in [1.82, 2.24) is 9.78 Å². The second-order valence-electron chi connectivity index (χ2n) is 7.43. The molecular formula is C27H24ClN3O4. The van der Waals surface area contributed by atoms with E-state index >= 15 is 0 Å². The number of anilines is 1. The first-order chi connectivity index (χ1) is 17.0. The lowest BCUT2D eigenvalue weighted by molar-refractivity contribution is 0.104. The van der Waals surface area contributed by atoms with Gasteiger partial charge in [-0.25, -0.2) is 4.68 Å². The van der Waals surface area contributed by atoms with E-state index in [2.05, 4.69) is 5.32 Å². The number of carbonyl (C=O) groups is 1. The lowest BCUT2D eigenvalue weighted by Crippen LogP contribution is -1.99. The Balaban J connectivity index is 1.75. The molecule has 1 aromatic heterocycles. The van der Waals surface area contributed by atoms with Gasteiger partial charge in [-0.3, -0.25) is 4.79 Å². The van der Waals surface area contributed by atoms with Crippen LogP contribution in [-0.2, 0) is 0 Å². The molecule has 0 spiro atoms. The van der Waals surface area contributed by atoms with Crippen LogP contribution in [0.4, 0.5) is 5.69 Å². The van der Waals surface area contributed by atoms with Crippen molar-refractivity contribution in [1.29, 1.82) is 0 Å². The smallest absolute Gasteiger partial charge is 0.203 e. The van der Waals surface area contributed by atoms with E-state index in [9.17, 15) is 4.79 Å². The molecule has 178 valence electrons. The number of hydrogen-bond acceptors (Lipinski definition) is 6. The van der Waals surface area contributed by atoms with Crippen LogP contribution in [0.15, 0.2) is 85.2 Å². The minimum Gasteiger partial charge on any atom is -0.493 e. The monoisotopic (exact) mass is 489 g/mol. The summed E-state index contributed by atoms with van der Waals surface area (Å²) in [6.07, 6.45) is 4.76. The van der Waals surface area contributed by atoms with Crippen molar-refractivity contribution in [3.63, 3.8) is 0 Å². The predicted octanol–water partition coefficient (Wildman–Crippen LogP) is 6.03. The van der Waals surface area contributed by atoms with Crippen molar-refractivity contribution in [2.75, 3.05) is 26.6 Å². The highest BCUT2D eigenvalue weighted by Crippen LogP contribution is 2.41. The topological polar surface area (TPSA) is 74.6 Å². The maximum absolute atomic E-state index is 13.3. The highest BCUT2D eigenvalue weighted by molar-refractivity contribution is 6.30. The number of allylic oxidation sites excluding steroid dienone is 1. The summed E-state index contributed by atoms with van der Waals surface area (Å²) in [6, 6.07) is 20.3. The molecule has 0 bridgehead atoms. The lowest BCUT2D eigenvalue weighted by Gasteiger charge is -2.13. The Labute approximate surface area is 208 Å². The molecule has 0 aliphatic rings. The summed E-state index contributed by atoms with van der Waals surface area (Å²) in [4.78, 5) is 13.3. The van der Waals surface area contributed by atoms with Gasteiger partial charge >= 0.3 is 0 Å². The number of benzene rings is 3. The average Bonchev–Trinajstić information content (AvgIpc) is 3.35. The minimum absolute atomic E-state index is 0.225. The first kappa shape index (κ1) is 23.9. The van der Waals surface area contributed by atoms with Gasteiger partial charge in [-0.1, -0.05) is 29.8 Å². The summed E-state index contributed by atoms with van der Waals surface area (Å²) in [5.74, 6) is 1.17. The van der Waals surface area contributed by atoms with Crippen LogP contribution in [0.2, 0.25) is 5.02 Å². The number of carbonyl (C=O) groups excluding carboxylic acids is 1. The second-order valence-corrected chi connectivity index (χ2v) is 7.87. The Bertz CT molecular complexity index is 1320. The molecule has 4 aromatic rings. The number of nitrogens with zero attached hydrogens (tertiary/aromatic N) is 2. The van der Waals surface area contributed by atoms with E-state index in [1.165, 1.54) is 13.2 Å². The molecule has 0 atom stereocenters. The standard InChI is InChI=1S/C27H24ClN3O4/c1-33-24-15-18(16-25(34-2)27(24)35-3)26-22(17-31(30-26)21-7-5-4-6-8-21)23(32)13-14-29-20-11-9-19(28)10-12-20/h4-17,29H,1-3H3/b14-13-. The number of nitrogens with one attached hydrogen (secondary N) is 1. The number of methoxy groups -OCH3 is 3. The van der Waals surface area contributed by atoms with E-state index in [1.807, 2.05) is 42.5 Å². The number of ketones is 1. The van der Waals surface area contributed by atoms with Crippen LogP contribution < -0.4 is 19.5 Å². The van der Waals surface area contributed by atoms with Crippen molar-refractivity contribution in [3.05, 3.63) is 95.8 Å². The molecule has 1 heterocycles. The fraction of sp³-hybridized carbons (Fsp3) is 0.111. The minimum atomic E-state index is -0.225. The summed E-state index contributed by atoms with van der Waals surface area (Å²) >= 11 is 5.93. The van der Waals surface area contributed by atoms with Crippen LogP contribution in [0, 0.1) is 0 Å². The van der Waals surface area contributed by atoms with E-state index < -0.39 is 0 Å². The van der Waals surface area contributed by atoms with Crippen molar-refractivity contribution in [3.8, 4) is 34.2 Å². The average molecular weight is 490 g/mol. The number of para-hydroxylation sites is 1. The lowest BCUT2D eigenvalue weighted by atomic mass is 10.0. The van der Waals surface area contributed by atoms with Gasteiger partial charge in [0.05, 0.1) is 32.6 Å². The van der Waals surface area contributed by atoms with Gasteiger partial charge in [-0.2, -0.15) is 5.10 Å². The highest BCUT2D eigenvalue weighted by Gasteiger charge is 2.21. The quantitative estimate of drug-likeness (QED) is 0.228. The molecule has 0 aliphatic carbocycles.